The average Bonchev–Trinajstić information content (AvgIpc) is 2.01. The van der Waals surface area contributed by atoms with E-state index in [2.05, 4.69) is 29.1 Å². The zero-order valence-electron chi connectivity index (χ0n) is 8.84. The first-order valence-corrected chi connectivity index (χ1v) is 5.27. The second-order valence-electron chi connectivity index (χ2n) is 3.50. The molecule has 0 bridgehead atoms. The first-order valence-electron chi connectivity index (χ1n) is 4.89. The fourth-order valence-electron chi connectivity index (χ4n) is 1.36. The Balaban J connectivity index is 2.66. The van der Waals surface area contributed by atoms with Crippen molar-refractivity contribution in [2.75, 3.05) is 5.32 Å². The lowest BCUT2D eigenvalue weighted by Gasteiger charge is -2.13. The van der Waals surface area contributed by atoms with Crippen LogP contribution in [-0.4, -0.2) is 16.0 Å². The summed E-state index contributed by atoms with van der Waals surface area (Å²) in [5.74, 6) is 0.809. The van der Waals surface area contributed by atoms with E-state index in [-0.39, 0.29) is 0 Å². The van der Waals surface area contributed by atoms with E-state index in [9.17, 15) is 0 Å². The second kappa shape index (κ2) is 5.15. The molecule has 1 aromatic heterocycles. The molecule has 0 saturated carbocycles. The number of anilines is 1. The Hall–Kier alpha value is -0.830. The van der Waals surface area contributed by atoms with E-state index >= 15 is 0 Å². The van der Waals surface area contributed by atoms with E-state index in [0.717, 1.165) is 24.4 Å². The Morgan fingerprint density at radius 1 is 1.50 bits per heavy atom. The third kappa shape index (κ3) is 3.50. The monoisotopic (exact) mass is 213 g/mol. The fraction of sp³-hybridized carbons (Fsp3) is 0.600. The molecule has 1 N–H and O–H groups in total. The van der Waals surface area contributed by atoms with Crippen molar-refractivity contribution in [1.29, 1.82) is 0 Å². The number of nitrogens with zero attached hydrogens (tertiary/aromatic N) is 2. The van der Waals surface area contributed by atoms with Gasteiger partial charge in [-0.25, -0.2) is 9.97 Å². The zero-order chi connectivity index (χ0) is 10.6. The summed E-state index contributed by atoms with van der Waals surface area (Å²) in [5, 5.41) is 3.59. The van der Waals surface area contributed by atoms with Gasteiger partial charge in [-0.3, -0.25) is 0 Å². The molecule has 78 valence electrons. The predicted molar refractivity (Wildman–Crippen MR) is 59.8 cm³/mol. The van der Waals surface area contributed by atoms with Crippen molar-refractivity contribution in [2.24, 2.45) is 0 Å². The minimum absolute atomic E-state index is 0.302. The molecule has 1 heterocycles. The summed E-state index contributed by atoms with van der Waals surface area (Å²) in [7, 11) is 0. The Morgan fingerprint density at radius 3 is 2.79 bits per heavy atom. The number of aromatic nitrogens is 2. The lowest BCUT2D eigenvalue weighted by atomic mass is 10.2. The van der Waals surface area contributed by atoms with Gasteiger partial charge in [0, 0.05) is 17.8 Å². The number of aryl methyl sites for hydroxylation is 1. The van der Waals surface area contributed by atoms with Crippen LogP contribution in [0.2, 0.25) is 5.28 Å². The normalized spacial score (nSPS) is 12.6. The van der Waals surface area contributed by atoms with Crippen LogP contribution in [0.4, 0.5) is 5.82 Å². The minimum Gasteiger partial charge on any atom is -0.367 e. The van der Waals surface area contributed by atoms with Gasteiger partial charge in [-0.1, -0.05) is 13.3 Å². The molecule has 0 aliphatic heterocycles. The summed E-state index contributed by atoms with van der Waals surface area (Å²) in [5.41, 5.74) is 0.885. The highest BCUT2D eigenvalue weighted by Crippen LogP contribution is 2.12. The summed E-state index contributed by atoms with van der Waals surface area (Å²) in [6.45, 7) is 6.20. The molecule has 0 spiro atoms. The molecule has 0 saturated heterocycles. The number of halogens is 1. The first kappa shape index (κ1) is 11.2. The highest BCUT2D eigenvalue weighted by atomic mass is 35.5. The summed E-state index contributed by atoms with van der Waals surface area (Å²) in [4.78, 5) is 8.10. The molecule has 1 unspecified atom stereocenters. The van der Waals surface area contributed by atoms with E-state index in [1.165, 1.54) is 0 Å². The Labute approximate surface area is 89.9 Å². The molecule has 0 aliphatic rings. The van der Waals surface area contributed by atoms with Crippen LogP contribution in [0.1, 0.15) is 32.4 Å². The van der Waals surface area contributed by atoms with Crippen LogP contribution < -0.4 is 5.32 Å². The van der Waals surface area contributed by atoms with Crippen molar-refractivity contribution in [1.82, 2.24) is 9.97 Å². The lowest BCUT2D eigenvalue weighted by molar-refractivity contribution is 0.687. The smallest absolute Gasteiger partial charge is 0.224 e. The van der Waals surface area contributed by atoms with Gasteiger partial charge < -0.3 is 5.32 Å². The van der Waals surface area contributed by atoms with Gasteiger partial charge in [0.2, 0.25) is 5.28 Å². The molecule has 0 radical (unpaired) electrons. The molecule has 1 rings (SSSR count). The van der Waals surface area contributed by atoms with Gasteiger partial charge in [-0.2, -0.15) is 0 Å². The van der Waals surface area contributed by atoms with Crippen LogP contribution in [0.5, 0.6) is 0 Å². The number of rotatable bonds is 4. The Morgan fingerprint density at radius 2 is 2.21 bits per heavy atom. The maximum absolute atomic E-state index is 5.75. The average molecular weight is 214 g/mol. The predicted octanol–water partition coefficient (Wildman–Crippen LogP) is 3.04. The third-order valence-electron chi connectivity index (χ3n) is 1.94. The highest BCUT2D eigenvalue weighted by molar-refractivity contribution is 6.28. The van der Waals surface area contributed by atoms with E-state index in [1.54, 1.807) is 0 Å². The van der Waals surface area contributed by atoms with Crippen molar-refractivity contribution in [2.45, 2.75) is 39.7 Å². The maximum Gasteiger partial charge on any atom is 0.224 e. The van der Waals surface area contributed by atoms with Crippen molar-refractivity contribution >= 4 is 17.4 Å². The molecule has 14 heavy (non-hydrogen) atoms. The highest BCUT2D eigenvalue weighted by Gasteiger charge is 2.03. The van der Waals surface area contributed by atoms with Gasteiger partial charge in [0.05, 0.1) is 0 Å². The van der Waals surface area contributed by atoms with E-state index in [1.807, 2.05) is 13.0 Å². The van der Waals surface area contributed by atoms with Gasteiger partial charge >= 0.3 is 0 Å². The van der Waals surface area contributed by atoms with Gasteiger partial charge in [0.15, 0.2) is 0 Å². The van der Waals surface area contributed by atoms with Crippen LogP contribution in [0.3, 0.4) is 0 Å². The largest absolute Gasteiger partial charge is 0.367 e. The van der Waals surface area contributed by atoms with Crippen LogP contribution >= 0.6 is 11.6 Å². The second-order valence-corrected chi connectivity index (χ2v) is 3.84. The summed E-state index contributed by atoms with van der Waals surface area (Å²) in [6, 6.07) is 2.32. The molecule has 0 fully saturated rings. The van der Waals surface area contributed by atoms with E-state index in [4.69, 9.17) is 11.6 Å². The van der Waals surface area contributed by atoms with Gasteiger partial charge in [0.25, 0.3) is 0 Å². The van der Waals surface area contributed by atoms with Gasteiger partial charge in [-0.15, -0.1) is 0 Å². The van der Waals surface area contributed by atoms with Gasteiger partial charge in [0.1, 0.15) is 5.82 Å². The molecular formula is C10H16ClN3. The molecule has 0 amide bonds. The zero-order valence-corrected chi connectivity index (χ0v) is 9.60. The van der Waals surface area contributed by atoms with Gasteiger partial charge in [-0.05, 0) is 31.9 Å². The summed E-state index contributed by atoms with van der Waals surface area (Å²) < 4.78 is 0. The van der Waals surface area contributed by atoms with Crippen LogP contribution in [0.15, 0.2) is 6.07 Å². The third-order valence-corrected chi connectivity index (χ3v) is 2.11. The Bertz CT molecular complexity index is 281. The maximum atomic E-state index is 5.75. The van der Waals surface area contributed by atoms with E-state index < -0.39 is 0 Å². The minimum atomic E-state index is 0.302. The molecule has 1 atom stereocenters. The Kier molecular flexibility index (Phi) is 4.14. The van der Waals surface area contributed by atoms with Crippen molar-refractivity contribution in [3.8, 4) is 0 Å². The summed E-state index contributed by atoms with van der Waals surface area (Å²) in [6.07, 6.45) is 2.28. The van der Waals surface area contributed by atoms with E-state index in [0.29, 0.717) is 11.3 Å². The first-order chi connectivity index (χ1) is 6.61. The molecule has 3 nitrogen and oxygen atoms in total. The number of nitrogens with one attached hydrogen (secondary N) is 1. The lowest BCUT2D eigenvalue weighted by Crippen LogP contribution is -2.15. The SMILES string of the molecule is CCCC(C)Nc1cc(C)nc(Cl)n1. The van der Waals surface area contributed by atoms with Crippen molar-refractivity contribution in [3.05, 3.63) is 17.0 Å². The van der Waals surface area contributed by atoms with Crippen molar-refractivity contribution < 1.29 is 0 Å². The topological polar surface area (TPSA) is 37.8 Å². The quantitative estimate of drug-likeness (QED) is 0.782. The number of hydrogen-bond donors (Lipinski definition) is 1. The van der Waals surface area contributed by atoms with Crippen LogP contribution in [0, 0.1) is 6.92 Å². The molecule has 4 heteroatoms. The standard InChI is InChI=1S/C10H16ClN3/c1-4-5-7(2)12-9-6-8(3)13-10(11)14-9/h6-7H,4-5H2,1-3H3,(H,12,13,14). The van der Waals surface area contributed by atoms with Crippen LogP contribution in [0.25, 0.3) is 0 Å². The van der Waals surface area contributed by atoms with Crippen LogP contribution in [-0.2, 0) is 0 Å². The number of hydrogen-bond acceptors (Lipinski definition) is 3. The molecular weight excluding hydrogens is 198 g/mol. The van der Waals surface area contributed by atoms with Crippen molar-refractivity contribution in [3.63, 3.8) is 0 Å². The summed E-state index contributed by atoms with van der Waals surface area (Å²) >= 11 is 5.75. The molecule has 0 aliphatic carbocycles. The molecule has 1 aromatic rings. The molecule has 0 aromatic carbocycles. The fourth-order valence-corrected chi connectivity index (χ4v) is 1.59.